The SMILES string of the molecule is C=C(C)COCCNC(C)c1cccc(O)c1. The molecule has 3 nitrogen and oxygen atoms in total. The van der Waals surface area contributed by atoms with Crippen molar-refractivity contribution in [3.05, 3.63) is 42.0 Å². The van der Waals surface area contributed by atoms with E-state index in [0.29, 0.717) is 19.0 Å². The van der Waals surface area contributed by atoms with Gasteiger partial charge in [0.05, 0.1) is 13.2 Å². The fourth-order valence-electron chi connectivity index (χ4n) is 1.51. The number of aromatic hydroxyl groups is 1. The second-order valence-electron chi connectivity index (χ2n) is 4.28. The van der Waals surface area contributed by atoms with Crippen LogP contribution in [0.15, 0.2) is 36.4 Å². The maximum atomic E-state index is 9.37. The van der Waals surface area contributed by atoms with Gasteiger partial charge >= 0.3 is 0 Å². The number of hydrogen-bond acceptors (Lipinski definition) is 3. The predicted octanol–water partition coefficient (Wildman–Crippen LogP) is 2.64. The maximum absolute atomic E-state index is 9.37. The van der Waals surface area contributed by atoms with Crippen LogP contribution in [0.1, 0.15) is 25.5 Å². The molecule has 1 rings (SSSR count). The fourth-order valence-corrected chi connectivity index (χ4v) is 1.51. The monoisotopic (exact) mass is 235 g/mol. The first-order valence-corrected chi connectivity index (χ1v) is 5.84. The van der Waals surface area contributed by atoms with Crippen molar-refractivity contribution in [3.63, 3.8) is 0 Å². The lowest BCUT2D eigenvalue weighted by Gasteiger charge is -2.14. The number of rotatable bonds is 7. The zero-order chi connectivity index (χ0) is 12.7. The first kappa shape index (κ1) is 13.7. The molecule has 2 N–H and O–H groups in total. The second kappa shape index (κ2) is 7.09. The molecule has 3 heteroatoms. The van der Waals surface area contributed by atoms with Crippen molar-refractivity contribution in [1.82, 2.24) is 5.32 Å². The molecular formula is C14H21NO2. The van der Waals surface area contributed by atoms with Gasteiger partial charge in [0.25, 0.3) is 0 Å². The smallest absolute Gasteiger partial charge is 0.115 e. The summed E-state index contributed by atoms with van der Waals surface area (Å²) >= 11 is 0. The molecule has 1 aromatic carbocycles. The average Bonchev–Trinajstić information content (AvgIpc) is 2.28. The topological polar surface area (TPSA) is 41.5 Å². The number of phenols is 1. The Bertz CT molecular complexity index is 363. The highest BCUT2D eigenvalue weighted by molar-refractivity contribution is 5.28. The van der Waals surface area contributed by atoms with Gasteiger partial charge < -0.3 is 15.2 Å². The Hall–Kier alpha value is -1.32. The lowest BCUT2D eigenvalue weighted by atomic mass is 10.1. The Morgan fingerprint density at radius 3 is 2.94 bits per heavy atom. The summed E-state index contributed by atoms with van der Waals surface area (Å²) < 4.78 is 5.39. The van der Waals surface area contributed by atoms with Gasteiger partial charge in [-0.05, 0) is 31.5 Å². The standard InChI is InChI=1S/C14H21NO2/c1-11(2)10-17-8-7-15-12(3)13-5-4-6-14(16)9-13/h4-6,9,12,15-16H,1,7-8,10H2,2-3H3. The molecule has 1 unspecified atom stereocenters. The first-order chi connectivity index (χ1) is 8.09. The highest BCUT2D eigenvalue weighted by atomic mass is 16.5. The van der Waals surface area contributed by atoms with E-state index in [9.17, 15) is 5.11 Å². The summed E-state index contributed by atoms with van der Waals surface area (Å²) in [5.74, 6) is 0.301. The van der Waals surface area contributed by atoms with Crippen LogP contribution in [-0.4, -0.2) is 24.9 Å². The molecule has 94 valence electrons. The Morgan fingerprint density at radius 1 is 1.53 bits per heavy atom. The lowest BCUT2D eigenvalue weighted by molar-refractivity contribution is 0.156. The van der Waals surface area contributed by atoms with Crippen molar-refractivity contribution in [2.45, 2.75) is 19.9 Å². The Kier molecular flexibility index (Phi) is 5.73. The number of phenolic OH excluding ortho intramolecular Hbond substituents is 1. The molecule has 1 atom stereocenters. The molecule has 17 heavy (non-hydrogen) atoms. The molecule has 0 spiro atoms. The summed E-state index contributed by atoms with van der Waals surface area (Å²) in [5, 5.41) is 12.7. The summed E-state index contributed by atoms with van der Waals surface area (Å²) in [6, 6.07) is 7.49. The van der Waals surface area contributed by atoms with E-state index in [-0.39, 0.29) is 6.04 Å². The second-order valence-corrected chi connectivity index (χ2v) is 4.28. The summed E-state index contributed by atoms with van der Waals surface area (Å²) in [4.78, 5) is 0. The minimum absolute atomic E-state index is 0.204. The Morgan fingerprint density at radius 2 is 2.29 bits per heavy atom. The highest BCUT2D eigenvalue weighted by Gasteiger charge is 2.04. The summed E-state index contributed by atoms with van der Waals surface area (Å²) in [6.45, 7) is 9.84. The minimum atomic E-state index is 0.204. The summed E-state index contributed by atoms with van der Waals surface area (Å²) in [5.41, 5.74) is 2.11. The number of benzene rings is 1. The normalized spacial score (nSPS) is 12.4. The van der Waals surface area contributed by atoms with Gasteiger partial charge in [0.2, 0.25) is 0 Å². The molecule has 1 aromatic rings. The van der Waals surface area contributed by atoms with Gasteiger partial charge in [0, 0.05) is 12.6 Å². The molecule has 0 bridgehead atoms. The fraction of sp³-hybridized carbons (Fsp3) is 0.429. The van der Waals surface area contributed by atoms with Gasteiger partial charge in [-0.3, -0.25) is 0 Å². The van der Waals surface area contributed by atoms with Gasteiger partial charge in [-0.25, -0.2) is 0 Å². The molecule has 0 aliphatic heterocycles. The maximum Gasteiger partial charge on any atom is 0.115 e. The zero-order valence-corrected chi connectivity index (χ0v) is 10.6. The number of nitrogens with one attached hydrogen (secondary N) is 1. The Balaban J connectivity index is 2.25. The van der Waals surface area contributed by atoms with Crippen molar-refractivity contribution >= 4 is 0 Å². The van der Waals surface area contributed by atoms with Crippen LogP contribution in [-0.2, 0) is 4.74 Å². The van der Waals surface area contributed by atoms with Crippen LogP contribution in [0.4, 0.5) is 0 Å². The van der Waals surface area contributed by atoms with E-state index >= 15 is 0 Å². The van der Waals surface area contributed by atoms with E-state index in [1.54, 1.807) is 12.1 Å². The Labute approximate surface area is 103 Å². The van der Waals surface area contributed by atoms with Crippen molar-refractivity contribution in [2.24, 2.45) is 0 Å². The molecule has 0 aliphatic rings. The predicted molar refractivity (Wildman–Crippen MR) is 70.2 cm³/mol. The van der Waals surface area contributed by atoms with Crippen molar-refractivity contribution in [2.75, 3.05) is 19.8 Å². The lowest BCUT2D eigenvalue weighted by Crippen LogP contribution is -2.23. The highest BCUT2D eigenvalue weighted by Crippen LogP contribution is 2.17. The van der Waals surface area contributed by atoms with Crippen molar-refractivity contribution in [1.29, 1.82) is 0 Å². The van der Waals surface area contributed by atoms with Crippen molar-refractivity contribution < 1.29 is 9.84 Å². The molecule has 0 heterocycles. The minimum Gasteiger partial charge on any atom is -0.508 e. The van der Waals surface area contributed by atoms with Crippen LogP contribution in [0.25, 0.3) is 0 Å². The van der Waals surface area contributed by atoms with Gasteiger partial charge in [-0.2, -0.15) is 0 Å². The first-order valence-electron chi connectivity index (χ1n) is 5.84. The summed E-state index contributed by atoms with van der Waals surface area (Å²) in [6.07, 6.45) is 0. The zero-order valence-electron chi connectivity index (χ0n) is 10.6. The number of ether oxygens (including phenoxy) is 1. The molecule has 0 saturated carbocycles. The van der Waals surface area contributed by atoms with Crippen molar-refractivity contribution in [3.8, 4) is 5.75 Å². The van der Waals surface area contributed by atoms with Crippen LogP contribution >= 0.6 is 0 Å². The van der Waals surface area contributed by atoms with Gasteiger partial charge in [0.1, 0.15) is 5.75 Å². The van der Waals surface area contributed by atoms with Gasteiger partial charge in [-0.1, -0.05) is 24.3 Å². The third-order valence-electron chi connectivity index (χ3n) is 2.42. The van der Waals surface area contributed by atoms with Crippen LogP contribution in [0, 0.1) is 0 Å². The molecule has 0 aliphatic carbocycles. The van der Waals surface area contributed by atoms with E-state index in [0.717, 1.165) is 17.7 Å². The molecule has 0 saturated heterocycles. The third kappa shape index (κ3) is 5.52. The van der Waals surface area contributed by atoms with E-state index in [1.165, 1.54) is 0 Å². The molecule has 0 amide bonds. The van der Waals surface area contributed by atoms with Crippen LogP contribution in [0.3, 0.4) is 0 Å². The molecule has 0 radical (unpaired) electrons. The molecule has 0 fully saturated rings. The van der Waals surface area contributed by atoms with Gasteiger partial charge in [-0.15, -0.1) is 0 Å². The number of hydrogen-bond donors (Lipinski definition) is 2. The molecule has 0 aromatic heterocycles. The van der Waals surface area contributed by atoms with Crippen LogP contribution in [0.5, 0.6) is 5.75 Å². The van der Waals surface area contributed by atoms with E-state index in [2.05, 4.69) is 18.8 Å². The largest absolute Gasteiger partial charge is 0.508 e. The van der Waals surface area contributed by atoms with E-state index in [1.807, 2.05) is 19.1 Å². The van der Waals surface area contributed by atoms with E-state index in [4.69, 9.17) is 4.74 Å². The quantitative estimate of drug-likeness (QED) is 0.564. The summed E-state index contributed by atoms with van der Waals surface area (Å²) in [7, 11) is 0. The van der Waals surface area contributed by atoms with Gasteiger partial charge in [0.15, 0.2) is 0 Å². The van der Waals surface area contributed by atoms with E-state index < -0.39 is 0 Å². The molecular weight excluding hydrogens is 214 g/mol. The third-order valence-corrected chi connectivity index (χ3v) is 2.42. The van der Waals surface area contributed by atoms with Crippen LogP contribution < -0.4 is 5.32 Å². The average molecular weight is 235 g/mol. The van der Waals surface area contributed by atoms with Crippen LogP contribution in [0.2, 0.25) is 0 Å².